The number of nitrogens with one attached hydrogen (secondary N) is 1. The van der Waals surface area contributed by atoms with E-state index in [-0.39, 0.29) is 23.9 Å². The van der Waals surface area contributed by atoms with Crippen LogP contribution in [-0.4, -0.2) is 11.9 Å². The number of rotatable bonds is 3. The van der Waals surface area contributed by atoms with Gasteiger partial charge in [-0.2, -0.15) is 0 Å². The van der Waals surface area contributed by atoms with Gasteiger partial charge < -0.3 is 11.1 Å². The fraction of sp³-hybridized carbons (Fsp3) is 0.533. The molecule has 0 saturated heterocycles. The van der Waals surface area contributed by atoms with Gasteiger partial charge in [-0.3, -0.25) is 4.79 Å². The average Bonchev–Trinajstić information content (AvgIpc) is 2.39. The summed E-state index contributed by atoms with van der Waals surface area (Å²) in [5.41, 5.74) is 7.15. The van der Waals surface area contributed by atoms with E-state index in [1.165, 1.54) is 0 Å². The van der Waals surface area contributed by atoms with Crippen molar-refractivity contribution < 1.29 is 4.79 Å². The zero-order valence-corrected chi connectivity index (χ0v) is 12.8. The Morgan fingerprint density at radius 1 is 1.37 bits per heavy atom. The van der Waals surface area contributed by atoms with Gasteiger partial charge in [-0.15, -0.1) is 0 Å². The number of halogens is 1. The monoisotopic (exact) mass is 324 g/mol. The van der Waals surface area contributed by atoms with E-state index in [0.29, 0.717) is 0 Å². The lowest BCUT2D eigenvalue weighted by atomic mass is 9.84. The van der Waals surface area contributed by atoms with Crippen LogP contribution in [0.1, 0.15) is 44.2 Å². The van der Waals surface area contributed by atoms with E-state index < -0.39 is 0 Å². The van der Waals surface area contributed by atoms with Gasteiger partial charge in [-0.25, -0.2) is 0 Å². The maximum absolute atomic E-state index is 12.3. The molecule has 3 N–H and O–H groups in total. The Kier molecular flexibility index (Phi) is 4.99. The molecule has 2 unspecified atom stereocenters. The SMILES string of the molecule is C[C@H](NC(=O)C1CCCCC1N)c1ccccc1Br. The first-order valence-electron chi connectivity index (χ1n) is 6.90. The molecule has 104 valence electrons. The Bertz CT molecular complexity index is 450. The molecule has 19 heavy (non-hydrogen) atoms. The Morgan fingerprint density at radius 3 is 2.74 bits per heavy atom. The quantitative estimate of drug-likeness (QED) is 0.897. The van der Waals surface area contributed by atoms with Crippen molar-refractivity contribution in [3.8, 4) is 0 Å². The number of carbonyl (C=O) groups excluding carboxylic acids is 1. The smallest absolute Gasteiger partial charge is 0.225 e. The molecule has 0 aromatic heterocycles. The van der Waals surface area contributed by atoms with Crippen LogP contribution in [0, 0.1) is 5.92 Å². The number of benzene rings is 1. The lowest BCUT2D eigenvalue weighted by molar-refractivity contribution is -0.127. The molecule has 1 aliphatic carbocycles. The molecule has 0 aliphatic heterocycles. The molecular formula is C15H21BrN2O. The molecule has 1 aromatic carbocycles. The highest BCUT2D eigenvalue weighted by molar-refractivity contribution is 9.10. The third-order valence-electron chi connectivity index (χ3n) is 3.89. The number of carbonyl (C=O) groups is 1. The molecule has 3 atom stereocenters. The van der Waals surface area contributed by atoms with Gasteiger partial charge in [0.05, 0.1) is 12.0 Å². The minimum absolute atomic E-state index is 0.00259. The summed E-state index contributed by atoms with van der Waals surface area (Å²) in [6.45, 7) is 2.01. The Labute approximate surface area is 123 Å². The molecular weight excluding hydrogens is 304 g/mol. The van der Waals surface area contributed by atoms with Crippen LogP contribution in [-0.2, 0) is 4.79 Å². The lowest BCUT2D eigenvalue weighted by Crippen LogP contribution is -2.44. The van der Waals surface area contributed by atoms with Gasteiger partial charge in [0.2, 0.25) is 5.91 Å². The highest BCUT2D eigenvalue weighted by Gasteiger charge is 2.29. The summed E-state index contributed by atoms with van der Waals surface area (Å²) in [7, 11) is 0. The third-order valence-corrected chi connectivity index (χ3v) is 4.61. The lowest BCUT2D eigenvalue weighted by Gasteiger charge is -2.29. The van der Waals surface area contributed by atoms with Crippen LogP contribution in [0.4, 0.5) is 0 Å². The van der Waals surface area contributed by atoms with Crippen molar-refractivity contribution in [3.05, 3.63) is 34.3 Å². The number of hydrogen-bond donors (Lipinski definition) is 2. The molecule has 4 heteroatoms. The normalized spacial score (nSPS) is 24.8. The van der Waals surface area contributed by atoms with Crippen LogP contribution < -0.4 is 11.1 Å². The van der Waals surface area contributed by atoms with E-state index in [2.05, 4.69) is 21.2 Å². The van der Waals surface area contributed by atoms with Gasteiger partial charge in [-0.05, 0) is 31.4 Å². The first kappa shape index (κ1) is 14.5. The van der Waals surface area contributed by atoms with E-state index >= 15 is 0 Å². The Balaban J connectivity index is 2.00. The van der Waals surface area contributed by atoms with Crippen molar-refractivity contribution in [1.82, 2.24) is 5.32 Å². The minimum atomic E-state index is -0.0290. The molecule has 0 spiro atoms. The molecule has 1 amide bonds. The van der Waals surface area contributed by atoms with E-state index in [4.69, 9.17) is 5.73 Å². The molecule has 1 fully saturated rings. The predicted molar refractivity (Wildman–Crippen MR) is 80.6 cm³/mol. The standard InChI is InChI=1S/C15H21BrN2O/c1-10(11-6-2-4-8-13(11)16)18-15(19)12-7-3-5-9-14(12)17/h2,4,6,8,10,12,14H,3,5,7,9,17H2,1H3,(H,18,19)/t10-,12?,14?/m0/s1. The summed E-state index contributed by atoms with van der Waals surface area (Å²) >= 11 is 3.52. The van der Waals surface area contributed by atoms with Crippen LogP contribution in [0.25, 0.3) is 0 Å². The van der Waals surface area contributed by atoms with Crippen molar-refractivity contribution in [3.63, 3.8) is 0 Å². The second kappa shape index (κ2) is 6.53. The summed E-state index contributed by atoms with van der Waals surface area (Å²) < 4.78 is 1.02. The van der Waals surface area contributed by atoms with Crippen LogP contribution >= 0.6 is 15.9 Å². The molecule has 0 radical (unpaired) electrons. The van der Waals surface area contributed by atoms with Crippen molar-refractivity contribution >= 4 is 21.8 Å². The third kappa shape index (κ3) is 3.57. The molecule has 0 heterocycles. The fourth-order valence-corrected chi connectivity index (χ4v) is 3.34. The van der Waals surface area contributed by atoms with Gasteiger partial charge in [0.15, 0.2) is 0 Å². The zero-order chi connectivity index (χ0) is 13.8. The van der Waals surface area contributed by atoms with Crippen LogP contribution in [0.2, 0.25) is 0 Å². The molecule has 2 rings (SSSR count). The highest BCUT2D eigenvalue weighted by atomic mass is 79.9. The van der Waals surface area contributed by atoms with Crippen LogP contribution in [0.5, 0.6) is 0 Å². The van der Waals surface area contributed by atoms with E-state index in [9.17, 15) is 4.79 Å². The van der Waals surface area contributed by atoms with Gasteiger partial charge in [0.1, 0.15) is 0 Å². The van der Waals surface area contributed by atoms with E-state index in [1.807, 2.05) is 31.2 Å². The van der Waals surface area contributed by atoms with Gasteiger partial charge >= 0.3 is 0 Å². The summed E-state index contributed by atoms with van der Waals surface area (Å²) in [6.07, 6.45) is 4.12. The predicted octanol–water partition coefficient (Wildman–Crippen LogP) is 3.14. The Morgan fingerprint density at radius 2 is 2.05 bits per heavy atom. The molecule has 0 bridgehead atoms. The average molecular weight is 325 g/mol. The zero-order valence-electron chi connectivity index (χ0n) is 11.2. The second-order valence-electron chi connectivity index (χ2n) is 5.31. The van der Waals surface area contributed by atoms with Crippen LogP contribution in [0.15, 0.2) is 28.7 Å². The maximum Gasteiger partial charge on any atom is 0.225 e. The molecule has 1 aromatic rings. The first-order chi connectivity index (χ1) is 9.09. The maximum atomic E-state index is 12.3. The van der Waals surface area contributed by atoms with Crippen molar-refractivity contribution in [1.29, 1.82) is 0 Å². The largest absolute Gasteiger partial charge is 0.349 e. The molecule has 1 aliphatic rings. The van der Waals surface area contributed by atoms with Gasteiger partial charge in [-0.1, -0.05) is 47.0 Å². The van der Waals surface area contributed by atoms with Crippen LogP contribution in [0.3, 0.4) is 0 Å². The summed E-state index contributed by atoms with van der Waals surface area (Å²) in [4.78, 5) is 12.3. The van der Waals surface area contributed by atoms with E-state index in [1.54, 1.807) is 0 Å². The van der Waals surface area contributed by atoms with E-state index in [0.717, 1.165) is 35.7 Å². The topological polar surface area (TPSA) is 55.1 Å². The van der Waals surface area contributed by atoms with Crippen molar-refractivity contribution in [2.75, 3.05) is 0 Å². The molecule has 3 nitrogen and oxygen atoms in total. The molecule has 1 saturated carbocycles. The highest BCUT2D eigenvalue weighted by Crippen LogP contribution is 2.26. The van der Waals surface area contributed by atoms with Crippen molar-refractivity contribution in [2.24, 2.45) is 11.7 Å². The summed E-state index contributed by atoms with van der Waals surface area (Å²) in [6, 6.07) is 7.98. The minimum Gasteiger partial charge on any atom is -0.349 e. The van der Waals surface area contributed by atoms with Gasteiger partial charge in [0.25, 0.3) is 0 Å². The first-order valence-corrected chi connectivity index (χ1v) is 7.69. The number of amides is 1. The number of nitrogens with two attached hydrogens (primary N) is 1. The Hall–Kier alpha value is -0.870. The van der Waals surface area contributed by atoms with Crippen molar-refractivity contribution in [2.45, 2.75) is 44.7 Å². The van der Waals surface area contributed by atoms with Gasteiger partial charge in [0, 0.05) is 10.5 Å². The number of hydrogen-bond acceptors (Lipinski definition) is 2. The summed E-state index contributed by atoms with van der Waals surface area (Å²) in [5, 5.41) is 3.09. The summed E-state index contributed by atoms with van der Waals surface area (Å²) in [5.74, 6) is 0.0640. The fourth-order valence-electron chi connectivity index (χ4n) is 2.71. The second-order valence-corrected chi connectivity index (χ2v) is 6.16.